The molecule has 0 unspecified atom stereocenters. The lowest BCUT2D eigenvalue weighted by Gasteiger charge is -2.28. The van der Waals surface area contributed by atoms with Crippen LogP contribution in [0.25, 0.3) is 0 Å². The van der Waals surface area contributed by atoms with Gasteiger partial charge in [-0.2, -0.15) is 0 Å². The summed E-state index contributed by atoms with van der Waals surface area (Å²) in [7, 11) is 0. The molecule has 1 fully saturated rings. The van der Waals surface area contributed by atoms with Crippen molar-refractivity contribution in [2.45, 2.75) is 17.9 Å². The highest BCUT2D eigenvalue weighted by molar-refractivity contribution is 8.00. The smallest absolute Gasteiger partial charge is 0.233 e. The molecule has 1 aliphatic heterocycles. The van der Waals surface area contributed by atoms with Gasteiger partial charge in [-0.3, -0.25) is 14.7 Å². The molecule has 0 radical (unpaired) electrons. The van der Waals surface area contributed by atoms with Crippen LogP contribution in [0.3, 0.4) is 0 Å². The molecule has 3 rings (SSSR count). The largest absolute Gasteiger partial charge is 0.379 e. The maximum absolute atomic E-state index is 13.4. The third-order valence-corrected chi connectivity index (χ3v) is 5.71. The highest BCUT2D eigenvalue weighted by Crippen LogP contribution is 2.21. The fraction of sp³-hybridized carbons (Fsp3) is 0.429. The van der Waals surface area contributed by atoms with Gasteiger partial charge in [0.15, 0.2) is 11.6 Å². The van der Waals surface area contributed by atoms with Crippen molar-refractivity contribution in [3.8, 4) is 0 Å². The maximum Gasteiger partial charge on any atom is 0.233 e. The van der Waals surface area contributed by atoms with Crippen LogP contribution >= 0.6 is 11.8 Å². The van der Waals surface area contributed by atoms with E-state index < -0.39 is 11.6 Å². The van der Waals surface area contributed by atoms with Gasteiger partial charge in [0, 0.05) is 50.0 Å². The van der Waals surface area contributed by atoms with Gasteiger partial charge in [0.25, 0.3) is 0 Å². The summed E-state index contributed by atoms with van der Waals surface area (Å²) in [5.41, 5.74) is 1.01. The molecule has 8 heteroatoms. The summed E-state index contributed by atoms with van der Waals surface area (Å²) in [5, 5.41) is 0. The first-order valence-corrected chi connectivity index (χ1v) is 10.6. The molecule has 0 saturated carbocycles. The Morgan fingerprint density at radius 3 is 2.62 bits per heavy atom. The fourth-order valence-corrected chi connectivity index (χ4v) is 3.94. The van der Waals surface area contributed by atoms with Gasteiger partial charge in [0.1, 0.15) is 0 Å². The highest BCUT2D eigenvalue weighted by atomic mass is 32.2. The van der Waals surface area contributed by atoms with Crippen molar-refractivity contribution in [3.05, 3.63) is 59.9 Å². The molecule has 0 spiro atoms. The minimum Gasteiger partial charge on any atom is -0.379 e. The predicted octanol–water partition coefficient (Wildman–Crippen LogP) is 3.20. The van der Waals surface area contributed by atoms with Crippen molar-refractivity contribution in [2.24, 2.45) is 0 Å². The summed E-state index contributed by atoms with van der Waals surface area (Å²) in [6, 6.07) is 7.48. The van der Waals surface area contributed by atoms with Crippen molar-refractivity contribution in [2.75, 3.05) is 45.1 Å². The Morgan fingerprint density at radius 2 is 1.90 bits per heavy atom. The van der Waals surface area contributed by atoms with Gasteiger partial charge in [0.2, 0.25) is 5.91 Å². The molecule has 0 atom stereocenters. The summed E-state index contributed by atoms with van der Waals surface area (Å²) in [6.45, 7) is 5.41. The first kappa shape index (κ1) is 21.7. The molecule has 1 amide bonds. The van der Waals surface area contributed by atoms with Crippen molar-refractivity contribution in [3.63, 3.8) is 0 Å². The SMILES string of the molecule is O=C(CSc1ccc(F)c(F)c1)N(CCCN1CCOCC1)Cc1ccncc1. The summed E-state index contributed by atoms with van der Waals surface area (Å²) >= 11 is 1.21. The predicted molar refractivity (Wildman–Crippen MR) is 109 cm³/mol. The first-order valence-electron chi connectivity index (χ1n) is 9.66. The molecule has 2 aromatic rings. The van der Waals surface area contributed by atoms with Crippen molar-refractivity contribution < 1.29 is 18.3 Å². The monoisotopic (exact) mass is 421 g/mol. The molecule has 29 heavy (non-hydrogen) atoms. The molecule has 0 N–H and O–H groups in total. The van der Waals surface area contributed by atoms with Gasteiger partial charge in [0.05, 0.1) is 19.0 Å². The van der Waals surface area contributed by atoms with Gasteiger partial charge < -0.3 is 9.64 Å². The zero-order valence-electron chi connectivity index (χ0n) is 16.2. The third kappa shape index (κ3) is 7.06. The summed E-state index contributed by atoms with van der Waals surface area (Å²) in [5.74, 6) is -1.64. The van der Waals surface area contributed by atoms with E-state index in [9.17, 15) is 13.6 Å². The number of aromatic nitrogens is 1. The number of amides is 1. The first-order chi connectivity index (χ1) is 14.1. The molecule has 5 nitrogen and oxygen atoms in total. The highest BCUT2D eigenvalue weighted by Gasteiger charge is 2.16. The van der Waals surface area contributed by atoms with E-state index in [2.05, 4.69) is 9.88 Å². The molecule has 0 bridgehead atoms. The van der Waals surface area contributed by atoms with E-state index in [0.717, 1.165) is 57.0 Å². The van der Waals surface area contributed by atoms with E-state index in [1.54, 1.807) is 12.4 Å². The lowest BCUT2D eigenvalue weighted by molar-refractivity contribution is -0.129. The molecule has 1 aliphatic rings. The van der Waals surface area contributed by atoms with E-state index in [-0.39, 0.29) is 11.7 Å². The molecule has 1 saturated heterocycles. The molecule has 1 aromatic carbocycles. The molecule has 156 valence electrons. The quantitative estimate of drug-likeness (QED) is 0.582. The minimum absolute atomic E-state index is 0.0291. The maximum atomic E-state index is 13.4. The molecular formula is C21H25F2N3O2S. The average molecular weight is 422 g/mol. The summed E-state index contributed by atoms with van der Waals surface area (Å²) in [6.07, 6.45) is 4.29. The topological polar surface area (TPSA) is 45.7 Å². The van der Waals surface area contributed by atoms with Crippen molar-refractivity contribution >= 4 is 17.7 Å². The van der Waals surface area contributed by atoms with Crippen LogP contribution in [0.2, 0.25) is 0 Å². The molecule has 2 heterocycles. The Kier molecular flexibility index (Phi) is 8.39. The van der Waals surface area contributed by atoms with Crippen LogP contribution < -0.4 is 0 Å². The molecule has 1 aromatic heterocycles. The normalized spacial score (nSPS) is 14.7. The Bertz CT molecular complexity index is 789. The van der Waals surface area contributed by atoms with Gasteiger partial charge in [-0.1, -0.05) is 0 Å². The van der Waals surface area contributed by atoms with E-state index in [1.165, 1.54) is 17.8 Å². The van der Waals surface area contributed by atoms with Crippen molar-refractivity contribution in [1.82, 2.24) is 14.8 Å². The van der Waals surface area contributed by atoms with E-state index in [0.29, 0.717) is 18.0 Å². The summed E-state index contributed by atoms with van der Waals surface area (Å²) in [4.78, 5) is 21.6. The average Bonchev–Trinajstić information content (AvgIpc) is 2.75. The molecule has 0 aliphatic carbocycles. The Hall–Kier alpha value is -2.03. The summed E-state index contributed by atoms with van der Waals surface area (Å²) < 4.78 is 31.8. The van der Waals surface area contributed by atoms with Crippen molar-refractivity contribution in [1.29, 1.82) is 0 Å². The fourth-order valence-electron chi connectivity index (χ4n) is 3.11. The van der Waals surface area contributed by atoms with E-state index in [4.69, 9.17) is 4.74 Å². The number of carbonyl (C=O) groups excluding carboxylic acids is 1. The van der Waals surface area contributed by atoms with Crippen LogP contribution in [0.5, 0.6) is 0 Å². The number of morpholine rings is 1. The number of nitrogens with zero attached hydrogens (tertiary/aromatic N) is 3. The lowest BCUT2D eigenvalue weighted by atomic mass is 10.2. The third-order valence-electron chi connectivity index (χ3n) is 4.73. The Balaban J connectivity index is 1.56. The zero-order valence-corrected chi connectivity index (χ0v) is 17.0. The number of hydrogen-bond acceptors (Lipinski definition) is 5. The minimum atomic E-state index is -0.901. The zero-order chi connectivity index (χ0) is 20.5. The number of benzene rings is 1. The second-order valence-electron chi connectivity index (χ2n) is 6.84. The second kappa shape index (κ2) is 11.2. The van der Waals surface area contributed by atoms with Crippen LogP contribution in [-0.2, 0) is 16.1 Å². The van der Waals surface area contributed by atoms with Gasteiger partial charge in [-0.25, -0.2) is 8.78 Å². The van der Waals surface area contributed by atoms with Crippen LogP contribution in [0.1, 0.15) is 12.0 Å². The number of rotatable bonds is 9. The van der Waals surface area contributed by atoms with Crippen LogP contribution in [0.15, 0.2) is 47.6 Å². The van der Waals surface area contributed by atoms with Crippen LogP contribution in [0, 0.1) is 11.6 Å². The lowest BCUT2D eigenvalue weighted by Crippen LogP contribution is -2.39. The van der Waals surface area contributed by atoms with Gasteiger partial charge in [-0.05, 0) is 42.3 Å². The standard InChI is InChI=1S/C21H25F2N3O2S/c22-19-3-2-18(14-20(19)23)29-16-21(27)26(15-17-4-6-24-7-5-17)9-1-8-25-10-12-28-13-11-25/h2-7,14H,1,8-13,15-16H2. The number of carbonyl (C=O) groups is 1. The van der Waals surface area contributed by atoms with E-state index >= 15 is 0 Å². The molecular weight excluding hydrogens is 396 g/mol. The van der Waals surface area contributed by atoms with Crippen LogP contribution in [-0.4, -0.2) is 65.8 Å². The van der Waals surface area contributed by atoms with Gasteiger partial charge in [-0.15, -0.1) is 11.8 Å². The van der Waals surface area contributed by atoms with Gasteiger partial charge >= 0.3 is 0 Å². The number of hydrogen-bond donors (Lipinski definition) is 0. The number of pyridine rings is 1. The Morgan fingerprint density at radius 1 is 1.14 bits per heavy atom. The van der Waals surface area contributed by atoms with Crippen LogP contribution in [0.4, 0.5) is 8.78 Å². The van der Waals surface area contributed by atoms with E-state index in [1.807, 2.05) is 17.0 Å². The number of thioether (sulfide) groups is 1. The Labute approximate surface area is 174 Å². The number of halogens is 2. The second-order valence-corrected chi connectivity index (χ2v) is 7.89. The number of ether oxygens (including phenoxy) is 1.